The third kappa shape index (κ3) is 2.24. The number of hydrogen-bond donors (Lipinski definition) is 0. The van der Waals surface area contributed by atoms with E-state index in [1.165, 1.54) is 0 Å². The van der Waals surface area contributed by atoms with Gasteiger partial charge in [-0.25, -0.2) is 4.79 Å². The van der Waals surface area contributed by atoms with E-state index < -0.39 is 5.54 Å². The van der Waals surface area contributed by atoms with Gasteiger partial charge in [0.25, 0.3) is 0 Å². The number of carbonyl (C=O) groups excluding carboxylic acids is 1. The Kier molecular flexibility index (Phi) is 3.39. The monoisotopic (exact) mass is 247 g/mol. The molecular weight excluding hydrogens is 230 g/mol. The van der Waals surface area contributed by atoms with Crippen molar-refractivity contribution in [2.45, 2.75) is 38.3 Å². The van der Waals surface area contributed by atoms with Crippen LogP contribution in [0, 0.1) is 0 Å². The standard InChI is InChI=1S/C14H17NO3/c1-10(2)18-12-6-4-5-11(17-3)13(12)14(7-8-14)15-9-16/h4-6,10H,7-8H2,1-3H3. The van der Waals surface area contributed by atoms with Crippen molar-refractivity contribution in [3.05, 3.63) is 23.8 Å². The van der Waals surface area contributed by atoms with Gasteiger partial charge in [-0.05, 0) is 38.8 Å². The molecule has 0 N–H and O–H groups in total. The highest BCUT2D eigenvalue weighted by Crippen LogP contribution is 2.55. The van der Waals surface area contributed by atoms with Crippen LogP contribution in [0.3, 0.4) is 0 Å². The van der Waals surface area contributed by atoms with Crippen molar-refractivity contribution < 1.29 is 14.3 Å². The molecule has 96 valence electrons. The molecule has 0 saturated heterocycles. The summed E-state index contributed by atoms with van der Waals surface area (Å²) in [6, 6.07) is 5.63. The zero-order valence-corrected chi connectivity index (χ0v) is 10.9. The first-order valence-corrected chi connectivity index (χ1v) is 6.06. The molecule has 0 spiro atoms. The minimum atomic E-state index is -0.488. The van der Waals surface area contributed by atoms with Crippen LogP contribution in [0.1, 0.15) is 32.3 Å². The van der Waals surface area contributed by atoms with Gasteiger partial charge in [-0.1, -0.05) is 6.07 Å². The second kappa shape index (κ2) is 4.83. The lowest BCUT2D eigenvalue weighted by Crippen LogP contribution is -2.12. The van der Waals surface area contributed by atoms with Crippen LogP contribution in [0.5, 0.6) is 11.5 Å². The molecule has 4 nitrogen and oxygen atoms in total. The summed E-state index contributed by atoms with van der Waals surface area (Å²) in [4.78, 5) is 14.5. The van der Waals surface area contributed by atoms with E-state index in [2.05, 4.69) is 4.99 Å². The Balaban J connectivity index is 2.51. The highest BCUT2D eigenvalue weighted by atomic mass is 16.5. The highest BCUT2D eigenvalue weighted by molar-refractivity contribution is 5.54. The molecule has 0 atom stereocenters. The van der Waals surface area contributed by atoms with Crippen molar-refractivity contribution in [3.8, 4) is 11.5 Å². The van der Waals surface area contributed by atoms with Gasteiger partial charge in [-0.3, -0.25) is 0 Å². The molecule has 0 heterocycles. The van der Waals surface area contributed by atoms with Gasteiger partial charge in [0.2, 0.25) is 6.08 Å². The predicted molar refractivity (Wildman–Crippen MR) is 67.8 cm³/mol. The summed E-state index contributed by atoms with van der Waals surface area (Å²) < 4.78 is 11.2. The third-order valence-electron chi connectivity index (χ3n) is 3.02. The van der Waals surface area contributed by atoms with Crippen molar-refractivity contribution in [2.75, 3.05) is 7.11 Å². The van der Waals surface area contributed by atoms with Crippen LogP contribution in [0.2, 0.25) is 0 Å². The zero-order valence-electron chi connectivity index (χ0n) is 10.9. The molecule has 0 bridgehead atoms. The Morgan fingerprint density at radius 2 is 2.00 bits per heavy atom. The van der Waals surface area contributed by atoms with E-state index in [1.807, 2.05) is 32.0 Å². The molecule has 1 aromatic rings. The fourth-order valence-corrected chi connectivity index (χ4v) is 2.12. The van der Waals surface area contributed by atoms with E-state index in [4.69, 9.17) is 9.47 Å². The topological polar surface area (TPSA) is 47.9 Å². The fraction of sp³-hybridized carbons (Fsp3) is 0.500. The lowest BCUT2D eigenvalue weighted by Gasteiger charge is -2.20. The first kappa shape index (κ1) is 12.7. The number of rotatable bonds is 5. The largest absolute Gasteiger partial charge is 0.496 e. The maximum Gasteiger partial charge on any atom is 0.235 e. The summed E-state index contributed by atoms with van der Waals surface area (Å²) in [5.74, 6) is 1.45. The van der Waals surface area contributed by atoms with Crippen LogP contribution in [-0.2, 0) is 10.3 Å². The molecule has 1 aromatic carbocycles. The maximum atomic E-state index is 10.6. The van der Waals surface area contributed by atoms with Crippen LogP contribution < -0.4 is 9.47 Å². The smallest absolute Gasteiger partial charge is 0.235 e. The summed E-state index contributed by atoms with van der Waals surface area (Å²) in [7, 11) is 1.61. The van der Waals surface area contributed by atoms with E-state index in [-0.39, 0.29) is 6.10 Å². The number of hydrogen-bond acceptors (Lipinski definition) is 4. The van der Waals surface area contributed by atoms with E-state index in [1.54, 1.807) is 13.2 Å². The second-order valence-electron chi connectivity index (χ2n) is 4.73. The van der Waals surface area contributed by atoms with E-state index in [9.17, 15) is 4.79 Å². The van der Waals surface area contributed by atoms with Crippen LogP contribution in [0.4, 0.5) is 0 Å². The second-order valence-corrected chi connectivity index (χ2v) is 4.73. The summed E-state index contributed by atoms with van der Waals surface area (Å²) in [6.07, 6.45) is 3.39. The quantitative estimate of drug-likeness (QED) is 0.593. The predicted octanol–water partition coefficient (Wildman–Crippen LogP) is 2.81. The Bertz CT molecular complexity index is 486. The van der Waals surface area contributed by atoms with Crippen LogP contribution in [-0.4, -0.2) is 19.3 Å². The molecule has 4 heteroatoms. The van der Waals surface area contributed by atoms with Crippen LogP contribution >= 0.6 is 0 Å². The maximum absolute atomic E-state index is 10.6. The molecule has 0 radical (unpaired) electrons. The first-order valence-electron chi connectivity index (χ1n) is 6.06. The fourth-order valence-electron chi connectivity index (χ4n) is 2.12. The van der Waals surface area contributed by atoms with Crippen molar-refractivity contribution in [1.82, 2.24) is 0 Å². The van der Waals surface area contributed by atoms with Gasteiger partial charge in [-0.2, -0.15) is 4.99 Å². The average molecular weight is 247 g/mol. The molecule has 18 heavy (non-hydrogen) atoms. The SMILES string of the molecule is COc1cccc(OC(C)C)c1C1(N=C=O)CC1. The molecule has 1 aliphatic carbocycles. The highest BCUT2D eigenvalue weighted by Gasteiger charge is 2.49. The lowest BCUT2D eigenvalue weighted by atomic mass is 10.0. The molecule has 0 aromatic heterocycles. The number of aliphatic imine (C=N–C) groups is 1. The van der Waals surface area contributed by atoms with Gasteiger partial charge in [0, 0.05) is 0 Å². The lowest BCUT2D eigenvalue weighted by molar-refractivity contribution is 0.236. The zero-order chi connectivity index (χ0) is 13.2. The molecule has 1 aliphatic rings. The number of nitrogens with zero attached hydrogens (tertiary/aromatic N) is 1. The Morgan fingerprint density at radius 3 is 2.50 bits per heavy atom. The Hall–Kier alpha value is -1.80. The van der Waals surface area contributed by atoms with Gasteiger partial charge in [-0.15, -0.1) is 0 Å². The summed E-state index contributed by atoms with van der Waals surface area (Å²) in [6.45, 7) is 3.93. The summed E-state index contributed by atoms with van der Waals surface area (Å²) in [5, 5.41) is 0. The van der Waals surface area contributed by atoms with E-state index in [0.717, 1.165) is 24.2 Å². The van der Waals surface area contributed by atoms with Gasteiger partial charge in [0.1, 0.15) is 17.0 Å². The van der Waals surface area contributed by atoms with E-state index in [0.29, 0.717) is 5.75 Å². The third-order valence-corrected chi connectivity index (χ3v) is 3.02. The number of ether oxygens (including phenoxy) is 2. The van der Waals surface area contributed by atoms with Crippen molar-refractivity contribution in [3.63, 3.8) is 0 Å². The minimum absolute atomic E-state index is 0.0619. The Morgan fingerprint density at radius 1 is 1.33 bits per heavy atom. The van der Waals surface area contributed by atoms with Crippen molar-refractivity contribution >= 4 is 6.08 Å². The summed E-state index contributed by atoms with van der Waals surface area (Å²) >= 11 is 0. The van der Waals surface area contributed by atoms with E-state index >= 15 is 0 Å². The molecule has 2 rings (SSSR count). The van der Waals surface area contributed by atoms with Gasteiger partial charge in [0.15, 0.2) is 0 Å². The normalized spacial score (nSPS) is 16.0. The summed E-state index contributed by atoms with van der Waals surface area (Å²) in [5.41, 5.74) is 0.378. The first-order chi connectivity index (χ1) is 8.63. The number of methoxy groups -OCH3 is 1. The molecule has 1 fully saturated rings. The molecule has 1 saturated carbocycles. The van der Waals surface area contributed by atoms with Gasteiger partial charge in [0.05, 0.1) is 18.8 Å². The average Bonchev–Trinajstić information content (AvgIpc) is 3.09. The van der Waals surface area contributed by atoms with Crippen LogP contribution in [0.25, 0.3) is 0 Å². The molecule has 0 amide bonds. The Labute approximate surface area is 107 Å². The number of benzene rings is 1. The minimum Gasteiger partial charge on any atom is -0.496 e. The molecular formula is C14H17NO3. The molecule has 0 unspecified atom stereocenters. The van der Waals surface area contributed by atoms with Crippen LogP contribution in [0.15, 0.2) is 23.2 Å². The van der Waals surface area contributed by atoms with Crippen molar-refractivity contribution in [2.24, 2.45) is 4.99 Å². The molecule has 0 aliphatic heterocycles. The van der Waals surface area contributed by atoms with Gasteiger partial charge >= 0.3 is 0 Å². The van der Waals surface area contributed by atoms with Gasteiger partial charge < -0.3 is 9.47 Å². The van der Waals surface area contributed by atoms with Crippen molar-refractivity contribution in [1.29, 1.82) is 0 Å². The number of isocyanates is 1.